The van der Waals surface area contributed by atoms with Crippen molar-refractivity contribution in [1.82, 2.24) is 0 Å². The number of alkyl halides is 2. The van der Waals surface area contributed by atoms with Crippen LogP contribution in [-0.2, 0) is 0 Å². The summed E-state index contributed by atoms with van der Waals surface area (Å²) in [5.41, 5.74) is 5.14. The van der Waals surface area contributed by atoms with Crippen LogP contribution in [0.15, 0.2) is 18.2 Å². The number of halogens is 3. The Labute approximate surface area is 78.9 Å². The number of phenolic OH excluding ortho intramolecular Hbond substituents is 1. The van der Waals surface area contributed by atoms with Crippen molar-refractivity contribution in [3.05, 3.63) is 28.8 Å². The molecule has 0 saturated carbocycles. The van der Waals surface area contributed by atoms with E-state index in [1.54, 1.807) is 0 Å². The summed E-state index contributed by atoms with van der Waals surface area (Å²) in [5, 5.41) is 9.49. The van der Waals surface area contributed by atoms with Gasteiger partial charge in [-0.15, -0.1) is 0 Å². The maximum absolute atomic E-state index is 12.1. The number of benzene rings is 1. The van der Waals surface area contributed by atoms with E-state index in [0.717, 1.165) is 0 Å². The second kappa shape index (κ2) is 3.89. The van der Waals surface area contributed by atoms with Crippen LogP contribution in [-0.4, -0.2) is 11.5 Å². The van der Waals surface area contributed by atoms with E-state index in [1.807, 2.05) is 0 Å². The molecule has 0 aliphatic rings. The first-order valence-corrected chi connectivity index (χ1v) is 3.92. The highest BCUT2D eigenvalue weighted by molar-refractivity contribution is 6.30. The molecule has 0 heterocycles. The van der Waals surface area contributed by atoms with Crippen LogP contribution in [0.5, 0.6) is 5.75 Å². The Kier molecular flexibility index (Phi) is 3.06. The van der Waals surface area contributed by atoms with Gasteiger partial charge in [-0.25, -0.2) is 8.78 Å². The molecule has 0 aliphatic heterocycles. The van der Waals surface area contributed by atoms with Gasteiger partial charge in [-0.1, -0.05) is 17.7 Å². The summed E-state index contributed by atoms with van der Waals surface area (Å²) in [4.78, 5) is 0. The smallest absolute Gasteiger partial charge is 0.257 e. The van der Waals surface area contributed by atoms with Gasteiger partial charge in [0, 0.05) is 10.6 Å². The van der Waals surface area contributed by atoms with Crippen LogP contribution in [0.3, 0.4) is 0 Å². The number of hydrogen-bond acceptors (Lipinski definition) is 2. The third-order valence-electron chi connectivity index (χ3n) is 1.62. The summed E-state index contributed by atoms with van der Waals surface area (Å²) in [6.45, 7) is 0. The first-order valence-electron chi connectivity index (χ1n) is 3.54. The van der Waals surface area contributed by atoms with Crippen molar-refractivity contribution in [2.75, 3.05) is 0 Å². The zero-order valence-corrected chi connectivity index (χ0v) is 7.30. The minimum absolute atomic E-state index is 0.000556. The monoisotopic (exact) mass is 207 g/mol. The standard InChI is InChI=1S/C8H8ClF2NO/c9-4-1-2-5(6(13)3-4)7(12)8(10)11/h1-3,7-8,13H,12H2. The highest BCUT2D eigenvalue weighted by Gasteiger charge is 2.20. The lowest BCUT2D eigenvalue weighted by atomic mass is 10.1. The van der Waals surface area contributed by atoms with E-state index in [0.29, 0.717) is 0 Å². The molecule has 1 aromatic rings. The highest BCUT2D eigenvalue weighted by Crippen LogP contribution is 2.28. The molecule has 2 nitrogen and oxygen atoms in total. The first kappa shape index (κ1) is 10.2. The molecule has 0 bridgehead atoms. The van der Waals surface area contributed by atoms with Crippen molar-refractivity contribution in [3.63, 3.8) is 0 Å². The van der Waals surface area contributed by atoms with Crippen LogP contribution >= 0.6 is 11.6 Å². The molecular weight excluding hydrogens is 200 g/mol. The van der Waals surface area contributed by atoms with Crippen LogP contribution in [0.1, 0.15) is 11.6 Å². The number of nitrogens with two attached hydrogens (primary N) is 1. The molecule has 1 unspecified atom stereocenters. The van der Waals surface area contributed by atoms with Crippen LogP contribution < -0.4 is 5.73 Å². The van der Waals surface area contributed by atoms with Gasteiger partial charge in [0.25, 0.3) is 6.43 Å². The number of hydrogen-bond donors (Lipinski definition) is 2. The molecule has 0 fully saturated rings. The molecule has 0 aliphatic carbocycles. The molecule has 0 radical (unpaired) electrons. The van der Waals surface area contributed by atoms with Crippen LogP contribution in [0.4, 0.5) is 8.78 Å². The summed E-state index contributed by atoms with van der Waals surface area (Å²) < 4.78 is 24.3. The van der Waals surface area contributed by atoms with Crippen molar-refractivity contribution in [3.8, 4) is 5.75 Å². The zero-order valence-electron chi connectivity index (χ0n) is 6.55. The van der Waals surface area contributed by atoms with Gasteiger partial charge in [0.1, 0.15) is 5.75 Å². The van der Waals surface area contributed by atoms with Gasteiger partial charge in [0.15, 0.2) is 0 Å². The van der Waals surface area contributed by atoms with E-state index < -0.39 is 12.5 Å². The molecule has 1 atom stereocenters. The molecule has 3 N–H and O–H groups in total. The molecule has 0 spiro atoms. The summed E-state index contributed by atoms with van der Waals surface area (Å²) >= 11 is 5.51. The Hall–Kier alpha value is -0.870. The lowest BCUT2D eigenvalue weighted by Gasteiger charge is -2.12. The quantitative estimate of drug-likeness (QED) is 0.782. The fourth-order valence-electron chi connectivity index (χ4n) is 0.934. The molecule has 0 amide bonds. The maximum atomic E-state index is 12.1. The summed E-state index contributed by atoms with van der Waals surface area (Å²) in [6, 6.07) is 2.39. The predicted octanol–water partition coefficient (Wildman–Crippen LogP) is 2.31. The van der Waals surface area contributed by atoms with Gasteiger partial charge < -0.3 is 10.8 Å². The van der Waals surface area contributed by atoms with E-state index in [9.17, 15) is 13.9 Å². The van der Waals surface area contributed by atoms with Crippen molar-refractivity contribution >= 4 is 11.6 Å². The van der Waals surface area contributed by atoms with Gasteiger partial charge in [0.05, 0.1) is 6.04 Å². The zero-order chi connectivity index (χ0) is 10.0. The Balaban J connectivity index is 3.01. The van der Waals surface area contributed by atoms with Gasteiger partial charge in [0.2, 0.25) is 0 Å². The topological polar surface area (TPSA) is 46.2 Å². The average molecular weight is 208 g/mol. The SMILES string of the molecule is NC(c1ccc(Cl)cc1O)C(F)F. The van der Waals surface area contributed by atoms with Crippen LogP contribution in [0, 0.1) is 0 Å². The Morgan fingerprint density at radius 1 is 1.38 bits per heavy atom. The van der Waals surface area contributed by atoms with E-state index in [1.165, 1.54) is 18.2 Å². The van der Waals surface area contributed by atoms with Crippen molar-refractivity contribution in [2.24, 2.45) is 5.73 Å². The molecular formula is C8H8ClF2NO. The van der Waals surface area contributed by atoms with Crippen molar-refractivity contribution in [2.45, 2.75) is 12.5 Å². The Bertz CT molecular complexity index is 306. The minimum Gasteiger partial charge on any atom is -0.508 e. The maximum Gasteiger partial charge on any atom is 0.257 e. The van der Waals surface area contributed by atoms with Crippen LogP contribution in [0.25, 0.3) is 0 Å². The van der Waals surface area contributed by atoms with Gasteiger partial charge in [-0.05, 0) is 12.1 Å². The summed E-state index contributed by atoms with van der Waals surface area (Å²) in [7, 11) is 0. The van der Waals surface area contributed by atoms with Gasteiger partial charge in [-0.2, -0.15) is 0 Å². The van der Waals surface area contributed by atoms with Crippen molar-refractivity contribution < 1.29 is 13.9 Å². The second-order valence-electron chi connectivity index (χ2n) is 2.56. The third-order valence-corrected chi connectivity index (χ3v) is 1.86. The average Bonchev–Trinajstić information content (AvgIpc) is 2.03. The lowest BCUT2D eigenvalue weighted by Crippen LogP contribution is -2.18. The Morgan fingerprint density at radius 3 is 2.46 bits per heavy atom. The van der Waals surface area contributed by atoms with E-state index in [2.05, 4.69) is 0 Å². The molecule has 0 saturated heterocycles. The van der Waals surface area contributed by atoms with E-state index in [4.69, 9.17) is 17.3 Å². The normalized spacial score (nSPS) is 13.3. The lowest BCUT2D eigenvalue weighted by molar-refractivity contribution is 0.115. The molecule has 13 heavy (non-hydrogen) atoms. The number of aromatic hydroxyl groups is 1. The molecule has 0 aromatic heterocycles. The minimum atomic E-state index is -2.70. The van der Waals surface area contributed by atoms with E-state index >= 15 is 0 Å². The fraction of sp³-hybridized carbons (Fsp3) is 0.250. The predicted molar refractivity (Wildman–Crippen MR) is 46.0 cm³/mol. The second-order valence-corrected chi connectivity index (χ2v) is 3.00. The molecule has 5 heteroatoms. The number of phenols is 1. The van der Waals surface area contributed by atoms with E-state index in [-0.39, 0.29) is 16.3 Å². The first-order chi connectivity index (χ1) is 6.02. The fourth-order valence-corrected chi connectivity index (χ4v) is 1.10. The summed E-state index contributed by atoms with van der Waals surface area (Å²) in [6.07, 6.45) is -2.70. The van der Waals surface area contributed by atoms with Crippen molar-refractivity contribution in [1.29, 1.82) is 0 Å². The largest absolute Gasteiger partial charge is 0.508 e. The molecule has 1 rings (SSSR count). The molecule has 72 valence electrons. The number of rotatable bonds is 2. The van der Waals surface area contributed by atoms with Gasteiger partial charge >= 0.3 is 0 Å². The van der Waals surface area contributed by atoms with Crippen LogP contribution in [0.2, 0.25) is 5.02 Å². The Morgan fingerprint density at radius 2 is 2.00 bits per heavy atom. The highest BCUT2D eigenvalue weighted by atomic mass is 35.5. The van der Waals surface area contributed by atoms with Gasteiger partial charge in [-0.3, -0.25) is 0 Å². The summed E-state index contributed by atoms with van der Waals surface area (Å²) in [5.74, 6) is -0.305. The third kappa shape index (κ3) is 2.29. The molecule has 1 aromatic carbocycles.